The molecule has 0 unspecified atom stereocenters. The van der Waals surface area contributed by atoms with Gasteiger partial charge >= 0.3 is 0 Å². The third kappa shape index (κ3) is 4.10. The molecule has 13 heavy (non-hydrogen) atoms. The molecule has 1 atom stereocenters. The molecule has 0 saturated heterocycles. The highest BCUT2D eigenvalue weighted by Gasteiger charge is 1.98. The van der Waals surface area contributed by atoms with Crippen molar-refractivity contribution in [3.63, 3.8) is 0 Å². The van der Waals surface area contributed by atoms with E-state index in [9.17, 15) is 0 Å². The predicted molar refractivity (Wildman–Crippen MR) is 51.4 cm³/mol. The van der Waals surface area contributed by atoms with Crippen LogP contribution in [0.4, 0.5) is 0 Å². The van der Waals surface area contributed by atoms with Gasteiger partial charge in [-0.05, 0) is 38.9 Å². The van der Waals surface area contributed by atoms with Crippen molar-refractivity contribution in [1.82, 2.24) is 5.32 Å². The molecular weight excluding hydrogens is 166 g/mol. The molecular formula is C10H17NO2. The van der Waals surface area contributed by atoms with Gasteiger partial charge in [-0.1, -0.05) is 0 Å². The fraction of sp³-hybridized carbons (Fsp3) is 0.600. The molecule has 1 aromatic rings. The van der Waals surface area contributed by atoms with Gasteiger partial charge in [0.2, 0.25) is 0 Å². The van der Waals surface area contributed by atoms with Crippen LogP contribution in [-0.4, -0.2) is 17.8 Å². The lowest BCUT2D eigenvalue weighted by molar-refractivity contribution is 0.183. The Morgan fingerprint density at radius 3 is 2.85 bits per heavy atom. The minimum Gasteiger partial charge on any atom is -0.465 e. The van der Waals surface area contributed by atoms with Crippen LogP contribution in [0.1, 0.15) is 24.9 Å². The Balaban J connectivity index is 2.13. The highest BCUT2D eigenvalue weighted by Crippen LogP contribution is 2.05. The van der Waals surface area contributed by atoms with E-state index in [2.05, 4.69) is 5.32 Å². The molecule has 1 heterocycles. The minimum absolute atomic E-state index is 0.231. The fourth-order valence-corrected chi connectivity index (χ4v) is 1.10. The summed E-state index contributed by atoms with van der Waals surface area (Å²) in [5, 5.41) is 12.2. The highest BCUT2D eigenvalue weighted by atomic mass is 16.3. The Hall–Kier alpha value is -0.800. The maximum absolute atomic E-state index is 8.99. The molecule has 3 nitrogen and oxygen atoms in total. The smallest absolute Gasteiger partial charge is 0.117 e. The lowest BCUT2D eigenvalue weighted by Gasteiger charge is -2.04. The molecule has 0 saturated carbocycles. The third-order valence-corrected chi connectivity index (χ3v) is 1.83. The molecule has 0 aliphatic rings. The zero-order valence-electron chi connectivity index (χ0n) is 8.21. The Morgan fingerprint density at radius 2 is 2.31 bits per heavy atom. The monoisotopic (exact) mass is 183 g/mol. The lowest BCUT2D eigenvalue weighted by Crippen LogP contribution is -2.18. The van der Waals surface area contributed by atoms with Crippen LogP contribution in [0.15, 0.2) is 16.5 Å². The molecule has 0 aromatic carbocycles. The molecule has 0 aliphatic heterocycles. The topological polar surface area (TPSA) is 45.4 Å². The van der Waals surface area contributed by atoms with E-state index in [-0.39, 0.29) is 6.10 Å². The van der Waals surface area contributed by atoms with Gasteiger partial charge in [-0.15, -0.1) is 0 Å². The number of aliphatic hydroxyl groups excluding tert-OH is 1. The molecule has 1 rings (SSSR count). The molecule has 0 bridgehead atoms. The third-order valence-electron chi connectivity index (χ3n) is 1.83. The van der Waals surface area contributed by atoms with Crippen LogP contribution >= 0.6 is 0 Å². The summed E-state index contributed by atoms with van der Waals surface area (Å²) in [7, 11) is 0. The second-order valence-corrected chi connectivity index (χ2v) is 3.33. The first-order chi connectivity index (χ1) is 6.18. The van der Waals surface area contributed by atoms with E-state index in [0.29, 0.717) is 0 Å². The van der Waals surface area contributed by atoms with Gasteiger partial charge < -0.3 is 14.8 Å². The summed E-state index contributed by atoms with van der Waals surface area (Å²) in [5.41, 5.74) is 0. The molecule has 0 aliphatic carbocycles. The van der Waals surface area contributed by atoms with E-state index in [1.54, 1.807) is 6.92 Å². The van der Waals surface area contributed by atoms with Crippen LogP contribution in [0.5, 0.6) is 0 Å². The van der Waals surface area contributed by atoms with Crippen molar-refractivity contribution >= 4 is 0 Å². The van der Waals surface area contributed by atoms with Gasteiger partial charge in [0.15, 0.2) is 0 Å². The van der Waals surface area contributed by atoms with E-state index < -0.39 is 0 Å². The maximum atomic E-state index is 8.99. The van der Waals surface area contributed by atoms with E-state index in [1.807, 2.05) is 19.1 Å². The quantitative estimate of drug-likeness (QED) is 0.679. The van der Waals surface area contributed by atoms with Crippen LogP contribution in [0, 0.1) is 6.92 Å². The van der Waals surface area contributed by atoms with Gasteiger partial charge in [0.1, 0.15) is 11.5 Å². The van der Waals surface area contributed by atoms with Crippen LogP contribution in [0.2, 0.25) is 0 Å². The standard InChI is InChI=1S/C10H17NO2/c1-8(12)5-6-11-7-10-4-3-9(2)13-10/h3-4,8,11-12H,5-7H2,1-2H3/t8-/m0/s1. The average Bonchev–Trinajstić information content (AvgIpc) is 2.45. The minimum atomic E-state index is -0.231. The molecule has 0 radical (unpaired) electrons. The molecule has 0 spiro atoms. The summed E-state index contributed by atoms with van der Waals surface area (Å²) in [6.07, 6.45) is 0.547. The highest BCUT2D eigenvalue weighted by molar-refractivity contribution is 5.04. The van der Waals surface area contributed by atoms with Gasteiger partial charge in [0.25, 0.3) is 0 Å². The zero-order chi connectivity index (χ0) is 9.68. The second kappa shape index (κ2) is 5.04. The normalized spacial score (nSPS) is 13.2. The van der Waals surface area contributed by atoms with Crippen molar-refractivity contribution in [3.8, 4) is 0 Å². The maximum Gasteiger partial charge on any atom is 0.117 e. The van der Waals surface area contributed by atoms with Gasteiger partial charge in [-0.3, -0.25) is 0 Å². The molecule has 1 aromatic heterocycles. The molecule has 2 N–H and O–H groups in total. The van der Waals surface area contributed by atoms with E-state index in [0.717, 1.165) is 31.0 Å². The van der Waals surface area contributed by atoms with Crippen LogP contribution < -0.4 is 5.32 Å². The predicted octanol–water partition coefficient (Wildman–Crippen LogP) is 1.45. The van der Waals surface area contributed by atoms with Crippen molar-refractivity contribution < 1.29 is 9.52 Å². The molecule has 0 amide bonds. The first-order valence-corrected chi connectivity index (χ1v) is 4.62. The Kier molecular flexibility index (Phi) is 3.99. The Labute approximate surface area is 78.8 Å². The van der Waals surface area contributed by atoms with E-state index in [4.69, 9.17) is 9.52 Å². The van der Waals surface area contributed by atoms with Gasteiger partial charge in [-0.25, -0.2) is 0 Å². The van der Waals surface area contributed by atoms with Gasteiger partial charge in [-0.2, -0.15) is 0 Å². The second-order valence-electron chi connectivity index (χ2n) is 3.33. The molecule has 3 heteroatoms. The van der Waals surface area contributed by atoms with Crippen molar-refractivity contribution in [2.75, 3.05) is 6.54 Å². The number of aryl methyl sites for hydroxylation is 1. The number of nitrogens with one attached hydrogen (secondary N) is 1. The summed E-state index contributed by atoms with van der Waals surface area (Å²) in [4.78, 5) is 0. The first-order valence-electron chi connectivity index (χ1n) is 4.62. The number of aliphatic hydroxyl groups is 1. The van der Waals surface area contributed by atoms with Crippen molar-refractivity contribution in [2.45, 2.75) is 32.9 Å². The summed E-state index contributed by atoms with van der Waals surface area (Å²) in [6.45, 7) is 5.27. The summed E-state index contributed by atoms with van der Waals surface area (Å²) in [5.74, 6) is 1.88. The summed E-state index contributed by atoms with van der Waals surface area (Å²) in [6, 6.07) is 3.91. The van der Waals surface area contributed by atoms with Gasteiger partial charge in [0.05, 0.1) is 12.6 Å². The van der Waals surface area contributed by atoms with Crippen molar-refractivity contribution in [3.05, 3.63) is 23.7 Å². The van der Waals surface area contributed by atoms with E-state index >= 15 is 0 Å². The Bertz CT molecular complexity index is 243. The Morgan fingerprint density at radius 1 is 1.54 bits per heavy atom. The summed E-state index contributed by atoms with van der Waals surface area (Å²) < 4.78 is 5.37. The number of rotatable bonds is 5. The number of furan rings is 1. The van der Waals surface area contributed by atoms with Crippen LogP contribution in [0.25, 0.3) is 0 Å². The number of hydrogen-bond acceptors (Lipinski definition) is 3. The average molecular weight is 183 g/mol. The van der Waals surface area contributed by atoms with Crippen molar-refractivity contribution in [1.29, 1.82) is 0 Å². The van der Waals surface area contributed by atoms with E-state index in [1.165, 1.54) is 0 Å². The summed E-state index contributed by atoms with van der Waals surface area (Å²) >= 11 is 0. The first kappa shape index (κ1) is 10.3. The van der Waals surface area contributed by atoms with Crippen LogP contribution in [0.3, 0.4) is 0 Å². The fourth-order valence-electron chi connectivity index (χ4n) is 1.10. The number of hydrogen-bond donors (Lipinski definition) is 2. The van der Waals surface area contributed by atoms with Gasteiger partial charge in [0, 0.05) is 0 Å². The molecule has 74 valence electrons. The zero-order valence-corrected chi connectivity index (χ0v) is 8.21. The van der Waals surface area contributed by atoms with Crippen molar-refractivity contribution in [2.24, 2.45) is 0 Å². The molecule has 0 fully saturated rings. The van der Waals surface area contributed by atoms with Crippen LogP contribution in [-0.2, 0) is 6.54 Å². The largest absolute Gasteiger partial charge is 0.465 e. The lowest BCUT2D eigenvalue weighted by atomic mass is 10.3. The SMILES string of the molecule is Cc1ccc(CNCC[C@H](C)O)o1.